The van der Waals surface area contributed by atoms with E-state index in [4.69, 9.17) is 9.26 Å². The van der Waals surface area contributed by atoms with Gasteiger partial charge in [0, 0.05) is 24.0 Å². The number of nitrogens with one attached hydrogen (secondary N) is 1. The van der Waals surface area contributed by atoms with Gasteiger partial charge in [-0.05, 0) is 37.1 Å². The number of hydrogen-bond acceptors (Lipinski definition) is 6. The Labute approximate surface area is 152 Å². The predicted octanol–water partition coefficient (Wildman–Crippen LogP) is 3.64. The van der Waals surface area contributed by atoms with Crippen molar-refractivity contribution in [3.8, 4) is 0 Å². The van der Waals surface area contributed by atoms with E-state index in [-0.39, 0.29) is 29.7 Å². The highest BCUT2D eigenvalue weighted by Crippen LogP contribution is 2.31. The quantitative estimate of drug-likeness (QED) is 0.848. The van der Waals surface area contributed by atoms with Gasteiger partial charge in [-0.2, -0.15) is 4.98 Å². The van der Waals surface area contributed by atoms with Crippen LogP contribution in [0.25, 0.3) is 0 Å². The van der Waals surface area contributed by atoms with Gasteiger partial charge in [0.2, 0.25) is 11.8 Å². The Balaban J connectivity index is 1.79. The van der Waals surface area contributed by atoms with Crippen LogP contribution in [0.15, 0.2) is 22.0 Å². The minimum Gasteiger partial charge on any atom is -0.381 e. The number of thiophene rings is 1. The number of aromatic nitrogens is 2. The molecule has 0 radical (unpaired) electrons. The second-order valence-electron chi connectivity index (χ2n) is 6.82. The average molecular weight is 363 g/mol. The maximum Gasteiger partial charge on any atom is 0.249 e. The first-order valence-corrected chi connectivity index (χ1v) is 9.69. The summed E-state index contributed by atoms with van der Waals surface area (Å²) >= 11 is 1.59. The Morgan fingerprint density at radius 1 is 1.32 bits per heavy atom. The lowest BCUT2D eigenvalue weighted by molar-refractivity contribution is -0.123. The van der Waals surface area contributed by atoms with Gasteiger partial charge in [-0.15, -0.1) is 11.3 Å². The van der Waals surface area contributed by atoms with Crippen LogP contribution in [0.5, 0.6) is 0 Å². The minimum absolute atomic E-state index is 0.0109. The van der Waals surface area contributed by atoms with E-state index >= 15 is 0 Å². The van der Waals surface area contributed by atoms with E-state index in [0.717, 1.165) is 17.7 Å². The highest BCUT2D eigenvalue weighted by molar-refractivity contribution is 7.10. The topological polar surface area (TPSA) is 77.2 Å². The Bertz CT molecular complexity index is 678. The molecule has 1 saturated heterocycles. The van der Waals surface area contributed by atoms with Gasteiger partial charge < -0.3 is 14.6 Å². The molecule has 0 aliphatic carbocycles. The molecule has 0 aromatic carbocycles. The summed E-state index contributed by atoms with van der Waals surface area (Å²) in [5.41, 5.74) is 0. The molecule has 2 aromatic rings. The number of hydrogen-bond donors (Lipinski definition) is 1. The molecule has 1 fully saturated rings. The molecular formula is C18H25N3O3S. The zero-order valence-corrected chi connectivity index (χ0v) is 15.7. The van der Waals surface area contributed by atoms with Gasteiger partial charge >= 0.3 is 0 Å². The molecule has 0 spiro atoms. The van der Waals surface area contributed by atoms with Gasteiger partial charge in [0.15, 0.2) is 5.82 Å². The standard InChI is InChI=1S/C18H25N3O3S/c1-11(2)16-20-18(24-21-16)15(13-6-8-23-9-7-13)19-17(22)12(3)14-5-4-10-25-14/h4-5,10-13,15H,6-9H2,1-3H3,(H,19,22)/t12-,15+/m0/s1. The maximum absolute atomic E-state index is 12.8. The molecule has 2 aromatic heterocycles. The van der Waals surface area contributed by atoms with Crippen LogP contribution in [0, 0.1) is 5.92 Å². The van der Waals surface area contributed by atoms with E-state index in [9.17, 15) is 4.79 Å². The van der Waals surface area contributed by atoms with Crippen molar-refractivity contribution in [3.05, 3.63) is 34.1 Å². The van der Waals surface area contributed by atoms with Crippen LogP contribution < -0.4 is 5.32 Å². The Morgan fingerprint density at radius 2 is 2.08 bits per heavy atom. The van der Waals surface area contributed by atoms with Gasteiger partial charge in [-0.3, -0.25) is 4.79 Å². The number of ether oxygens (including phenoxy) is 1. The largest absolute Gasteiger partial charge is 0.381 e. The summed E-state index contributed by atoms with van der Waals surface area (Å²) in [5.74, 6) is 1.40. The lowest BCUT2D eigenvalue weighted by atomic mass is 9.91. The van der Waals surface area contributed by atoms with Crippen molar-refractivity contribution in [1.82, 2.24) is 15.5 Å². The molecule has 0 saturated carbocycles. The Hall–Kier alpha value is -1.73. The van der Waals surface area contributed by atoms with Crippen molar-refractivity contribution in [2.24, 2.45) is 5.92 Å². The highest BCUT2D eigenvalue weighted by Gasteiger charge is 2.33. The first-order chi connectivity index (χ1) is 12.1. The molecule has 0 bridgehead atoms. The lowest BCUT2D eigenvalue weighted by Gasteiger charge is -2.29. The molecule has 1 aliphatic heterocycles. The zero-order chi connectivity index (χ0) is 17.8. The van der Waals surface area contributed by atoms with Gasteiger partial charge in [-0.25, -0.2) is 0 Å². The van der Waals surface area contributed by atoms with E-state index in [2.05, 4.69) is 15.5 Å². The van der Waals surface area contributed by atoms with E-state index < -0.39 is 0 Å². The van der Waals surface area contributed by atoms with Crippen LogP contribution in [-0.4, -0.2) is 29.3 Å². The maximum atomic E-state index is 12.8. The summed E-state index contributed by atoms with van der Waals surface area (Å²) in [6.07, 6.45) is 1.75. The number of carbonyl (C=O) groups excluding carboxylic acids is 1. The fourth-order valence-corrected chi connectivity index (χ4v) is 3.77. The summed E-state index contributed by atoms with van der Waals surface area (Å²) in [4.78, 5) is 18.4. The average Bonchev–Trinajstić information content (AvgIpc) is 3.31. The summed E-state index contributed by atoms with van der Waals surface area (Å²) in [6, 6.07) is 3.69. The van der Waals surface area contributed by atoms with Crippen molar-refractivity contribution in [2.45, 2.75) is 51.5 Å². The molecular weight excluding hydrogens is 338 g/mol. The molecule has 136 valence electrons. The molecule has 25 heavy (non-hydrogen) atoms. The normalized spacial score (nSPS) is 18.2. The molecule has 3 heterocycles. The van der Waals surface area contributed by atoms with E-state index in [1.165, 1.54) is 0 Å². The number of amides is 1. The highest BCUT2D eigenvalue weighted by atomic mass is 32.1. The first-order valence-electron chi connectivity index (χ1n) is 8.81. The van der Waals surface area contributed by atoms with Crippen LogP contribution in [0.1, 0.15) is 68.1 Å². The van der Waals surface area contributed by atoms with Crippen molar-refractivity contribution < 1.29 is 14.1 Å². The molecule has 7 heteroatoms. The Kier molecular flexibility index (Phi) is 5.86. The van der Waals surface area contributed by atoms with Crippen LogP contribution in [0.2, 0.25) is 0 Å². The van der Waals surface area contributed by atoms with Crippen molar-refractivity contribution >= 4 is 17.2 Å². The molecule has 3 rings (SSSR count). The third-order valence-corrected chi connectivity index (χ3v) is 5.69. The van der Waals surface area contributed by atoms with E-state index in [0.29, 0.717) is 24.9 Å². The second kappa shape index (κ2) is 8.10. The van der Waals surface area contributed by atoms with Crippen LogP contribution in [0.4, 0.5) is 0 Å². The lowest BCUT2D eigenvalue weighted by Crippen LogP contribution is -2.38. The summed E-state index contributed by atoms with van der Waals surface area (Å²) in [6.45, 7) is 7.37. The molecule has 1 aliphatic rings. The smallest absolute Gasteiger partial charge is 0.249 e. The SMILES string of the molecule is CC(C)c1noc([C@H](NC(=O)[C@@H](C)c2cccs2)C2CCOCC2)n1. The number of nitrogens with zero attached hydrogens (tertiary/aromatic N) is 2. The van der Waals surface area contributed by atoms with Crippen LogP contribution in [-0.2, 0) is 9.53 Å². The minimum atomic E-state index is -0.265. The summed E-state index contributed by atoms with van der Waals surface area (Å²) in [7, 11) is 0. The van der Waals surface area contributed by atoms with Gasteiger partial charge in [0.1, 0.15) is 6.04 Å². The fourth-order valence-electron chi connectivity index (χ4n) is 2.98. The summed E-state index contributed by atoms with van der Waals surface area (Å²) in [5, 5.41) is 9.21. The molecule has 6 nitrogen and oxygen atoms in total. The molecule has 1 N–H and O–H groups in total. The van der Waals surface area contributed by atoms with Crippen LogP contribution in [0.3, 0.4) is 0 Å². The van der Waals surface area contributed by atoms with Gasteiger partial charge in [0.05, 0.1) is 5.92 Å². The predicted molar refractivity (Wildman–Crippen MR) is 95.5 cm³/mol. The molecule has 2 atom stereocenters. The first kappa shape index (κ1) is 18.1. The van der Waals surface area contributed by atoms with Crippen molar-refractivity contribution in [2.75, 3.05) is 13.2 Å². The van der Waals surface area contributed by atoms with E-state index in [1.807, 2.05) is 38.3 Å². The van der Waals surface area contributed by atoms with Crippen LogP contribution >= 0.6 is 11.3 Å². The number of rotatable bonds is 6. The van der Waals surface area contributed by atoms with Gasteiger partial charge in [0.25, 0.3) is 0 Å². The fraction of sp³-hybridized carbons (Fsp3) is 0.611. The number of carbonyl (C=O) groups is 1. The van der Waals surface area contributed by atoms with Gasteiger partial charge in [-0.1, -0.05) is 25.1 Å². The van der Waals surface area contributed by atoms with Crippen molar-refractivity contribution in [3.63, 3.8) is 0 Å². The van der Waals surface area contributed by atoms with Crippen molar-refractivity contribution in [1.29, 1.82) is 0 Å². The summed E-state index contributed by atoms with van der Waals surface area (Å²) < 4.78 is 11.0. The second-order valence-corrected chi connectivity index (χ2v) is 7.80. The zero-order valence-electron chi connectivity index (χ0n) is 14.9. The third-order valence-electron chi connectivity index (χ3n) is 4.64. The monoisotopic (exact) mass is 363 g/mol. The Morgan fingerprint density at radius 3 is 2.68 bits per heavy atom. The van der Waals surface area contributed by atoms with E-state index in [1.54, 1.807) is 11.3 Å². The molecule has 0 unspecified atom stereocenters. The third kappa shape index (κ3) is 4.27. The molecule has 1 amide bonds.